The van der Waals surface area contributed by atoms with Crippen LogP contribution in [0.3, 0.4) is 0 Å². The van der Waals surface area contributed by atoms with Crippen molar-refractivity contribution in [2.24, 2.45) is 0 Å². The van der Waals surface area contributed by atoms with Gasteiger partial charge in [0.15, 0.2) is 17.4 Å². The van der Waals surface area contributed by atoms with Crippen LogP contribution in [0.1, 0.15) is 42.1 Å². The molecule has 1 saturated heterocycles. The quantitative estimate of drug-likeness (QED) is 0.722. The van der Waals surface area contributed by atoms with E-state index in [1.807, 2.05) is 0 Å². The van der Waals surface area contributed by atoms with Crippen molar-refractivity contribution in [3.63, 3.8) is 0 Å². The maximum atomic E-state index is 11.0. The summed E-state index contributed by atoms with van der Waals surface area (Å²) in [6, 6.07) is 0. The second-order valence-corrected chi connectivity index (χ2v) is 3.66. The van der Waals surface area contributed by atoms with Gasteiger partial charge in [0.25, 0.3) is 0 Å². The van der Waals surface area contributed by atoms with E-state index in [0.717, 1.165) is 25.9 Å². The molecule has 2 rings (SSSR count). The van der Waals surface area contributed by atoms with E-state index in [2.05, 4.69) is 10.3 Å². The zero-order chi connectivity index (χ0) is 9.97. The van der Waals surface area contributed by atoms with Crippen LogP contribution in [0.25, 0.3) is 0 Å². The molecule has 0 aliphatic carbocycles. The molecule has 1 aliphatic rings. The van der Waals surface area contributed by atoms with Crippen LogP contribution < -0.4 is 5.32 Å². The van der Waals surface area contributed by atoms with Crippen molar-refractivity contribution in [3.8, 4) is 0 Å². The van der Waals surface area contributed by atoms with Crippen LogP contribution in [0.5, 0.6) is 0 Å². The van der Waals surface area contributed by atoms with Crippen molar-refractivity contribution in [3.05, 3.63) is 17.8 Å². The summed E-state index contributed by atoms with van der Waals surface area (Å²) < 4.78 is 5.38. The normalized spacial score (nSPS) is 22.2. The fraction of sp³-hybridized carbons (Fsp3) is 0.600. The van der Waals surface area contributed by atoms with E-state index in [1.165, 1.54) is 13.1 Å². The van der Waals surface area contributed by atoms with Crippen LogP contribution in [0.15, 0.2) is 10.6 Å². The molecule has 0 bridgehead atoms. The van der Waals surface area contributed by atoms with Crippen molar-refractivity contribution < 1.29 is 9.21 Å². The zero-order valence-corrected chi connectivity index (χ0v) is 8.25. The Balaban J connectivity index is 2.11. The summed E-state index contributed by atoms with van der Waals surface area (Å²) in [5, 5.41) is 3.29. The Morgan fingerprint density at radius 1 is 1.71 bits per heavy atom. The summed E-state index contributed by atoms with van der Waals surface area (Å²) in [6.07, 6.45) is 3.75. The molecule has 1 unspecified atom stereocenters. The van der Waals surface area contributed by atoms with Crippen LogP contribution in [0.4, 0.5) is 0 Å². The Morgan fingerprint density at radius 2 is 2.57 bits per heavy atom. The van der Waals surface area contributed by atoms with E-state index in [-0.39, 0.29) is 5.78 Å². The van der Waals surface area contributed by atoms with Gasteiger partial charge in [0.05, 0.1) is 6.20 Å². The number of carbonyl (C=O) groups excluding carboxylic acids is 1. The average molecular weight is 194 g/mol. The smallest absolute Gasteiger partial charge is 0.199 e. The third kappa shape index (κ3) is 1.85. The number of Topliss-reactive ketones (excluding diaryl/α,β-unsaturated/α-hetero) is 1. The van der Waals surface area contributed by atoms with E-state index in [0.29, 0.717) is 17.6 Å². The molecule has 14 heavy (non-hydrogen) atoms. The van der Waals surface area contributed by atoms with Crippen LogP contribution >= 0.6 is 0 Å². The van der Waals surface area contributed by atoms with Gasteiger partial charge in [-0.3, -0.25) is 4.79 Å². The van der Waals surface area contributed by atoms with E-state index in [4.69, 9.17) is 4.42 Å². The molecule has 0 spiro atoms. The van der Waals surface area contributed by atoms with Crippen LogP contribution in [0.2, 0.25) is 0 Å². The average Bonchev–Trinajstić information content (AvgIpc) is 2.68. The summed E-state index contributed by atoms with van der Waals surface area (Å²) in [5.74, 6) is 1.33. The third-order valence-electron chi connectivity index (χ3n) is 2.52. The molecule has 1 N–H and O–H groups in total. The zero-order valence-electron chi connectivity index (χ0n) is 8.25. The summed E-state index contributed by atoms with van der Waals surface area (Å²) >= 11 is 0. The van der Waals surface area contributed by atoms with Gasteiger partial charge in [-0.2, -0.15) is 0 Å². The van der Waals surface area contributed by atoms with Gasteiger partial charge in [0, 0.05) is 19.4 Å². The SMILES string of the molecule is CC(=O)c1cnc(C2CCCNC2)o1. The number of hydrogen-bond acceptors (Lipinski definition) is 4. The second-order valence-electron chi connectivity index (χ2n) is 3.66. The van der Waals surface area contributed by atoms with Crippen molar-refractivity contribution in [1.82, 2.24) is 10.3 Å². The van der Waals surface area contributed by atoms with Gasteiger partial charge in [0.2, 0.25) is 0 Å². The number of nitrogens with one attached hydrogen (secondary N) is 1. The fourth-order valence-corrected chi connectivity index (χ4v) is 1.70. The molecule has 0 saturated carbocycles. The Kier molecular flexibility index (Phi) is 2.63. The highest BCUT2D eigenvalue weighted by atomic mass is 16.4. The standard InChI is InChI=1S/C10H14N2O2/c1-7(13)9-6-12-10(14-9)8-3-2-4-11-5-8/h6,8,11H,2-5H2,1H3. The first-order valence-electron chi connectivity index (χ1n) is 4.95. The molecule has 1 atom stereocenters. The highest BCUT2D eigenvalue weighted by Gasteiger charge is 2.20. The maximum absolute atomic E-state index is 11.0. The molecule has 1 aromatic heterocycles. The van der Waals surface area contributed by atoms with Crippen LogP contribution in [0, 0.1) is 0 Å². The van der Waals surface area contributed by atoms with Crippen LogP contribution in [-0.4, -0.2) is 23.9 Å². The number of rotatable bonds is 2. The minimum absolute atomic E-state index is 0.0625. The number of piperidine rings is 1. The lowest BCUT2D eigenvalue weighted by Crippen LogP contribution is -2.28. The molecule has 2 heterocycles. The molecule has 0 radical (unpaired) electrons. The molecule has 4 heteroatoms. The molecule has 1 aliphatic heterocycles. The number of ketones is 1. The molecule has 1 fully saturated rings. The first kappa shape index (κ1) is 9.40. The van der Waals surface area contributed by atoms with Gasteiger partial charge in [-0.05, 0) is 19.4 Å². The van der Waals surface area contributed by atoms with Gasteiger partial charge in [-0.25, -0.2) is 4.98 Å². The lowest BCUT2D eigenvalue weighted by atomic mass is 10.00. The molecule has 1 aromatic rings. The van der Waals surface area contributed by atoms with Crippen LogP contribution in [-0.2, 0) is 0 Å². The summed E-state index contributed by atoms with van der Waals surface area (Å²) in [5.41, 5.74) is 0. The summed E-state index contributed by atoms with van der Waals surface area (Å²) in [7, 11) is 0. The minimum atomic E-state index is -0.0625. The van der Waals surface area contributed by atoms with Gasteiger partial charge in [-0.15, -0.1) is 0 Å². The predicted molar refractivity (Wildman–Crippen MR) is 51.4 cm³/mol. The molecule has 4 nitrogen and oxygen atoms in total. The first-order chi connectivity index (χ1) is 6.77. The Hall–Kier alpha value is -1.16. The van der Waals surface area contributed by atoms with Crippen molar-refractivity contribution >= 4 is 5.78 Å². The maximum Gasteiger partial charge on any atom is 0.199 e. The predicted octanol–water partition coefficient (Wildman–Crippen LogP) is 1.34. The molecular weight excluding hydrogens is 180 g/mol. The number of nitrogens with zero attached hydrogens (tertiary/aromatic N) is 1. The fourth-order valence-electron chi connectivity index (χ4n) is 1.70. The third-order valence-corrected chi connectivity index (χ3v) is 2.52. The lowest BCUT2D eigenvalue weighted by Gasteiger charge is -2.19. The van der Waals surface area contributed by atoms with Gasteiger partial charge in [0.1, 0.15) is 0 Å². The summed E-state index contributed by atoms with van der Waals surface area (Å²) in [6.45, 7) is 3.46. The van der Waals surface area contributed by atoms with Gasteiger partial charge < -0.3 is 9.73 Å². The Morgan fingerprint density at radius 3 is 3.14 bits per heavy atom. The second kappa shape index (κ2) is 3.92. The minimum Gasteiger partial charge on any atom is -0.437 e. The largest absolute Gasteiger partial charge is 0.437 e. The Bertz CT molecular complexity index is 327. The van der Waals surface area contributed by atoms with E-state index in [9.17, 15) is 4.79 Å². The molecule has 0 amide bonds. The number of hydrogen-bond donors (Lipinski definition) is 1. The Labute approximate surface area is 82.7 Å². The van der Waals surface area contributed by atoms with E-state index in [1.54, 1.807) is 0 Å². The van der Waals surface area contributed by atoms with Gasteiger partial charge in [-0.1, -0.05) is 0 Å². The molecular formula is C10H14N2O2. The van der Waals surface area contributed by atoms with E-state index < -0.39 is 0 Å². The summed E-state index contributed by atoms with van der Waals surface area (Å²) in [4.78, 5) is 15.1. The van der Waals surface area contributed by atoms with Crippen molar-refractivity contribution in [2.75, 3.05) is 13.1 Å². The van der Waals surface area contributed by atoms with Crippen molar-refractivity contribution in [1.29, 1.82) is 0 Å². The van der Waals surface area contributed by atoms with Gasteiger partial charge >= 0.3 is 0 Å². The highest BCUT2D eigenvalue weighted by Crippen LogP contribution is 2.22. The lowest BCUT2D eigenvalue weighted by molar-refractivity contribution is 0.0984. The molecule has 0 aromatic carbocycles. The number of oxazole rings is 1. The monoisotopic (exact) mass is 194 g/mol. The highest BCUT2D eigenvalue weighted by molar-refractivity contribution is 5.90. The first-order valence-corrected chi connectivity index (χ1v) is 4.95. The topological polar surface area (TPSA) is 55.1 Å². The molecule has 76 valence electrons. The number of aromatic nitrogens is 1. The van der Waals surface area contributed by atoms with E-state index >= 15 is 0 Å². The van der Waals surface area contributed by atoms with Crippen molar-refractivity contribution in [2.45, 2.75) is 25.7 Å². The number of carbonyl (C=O) groups is 1.